The van der Waals surface area contributed by atoms with Crippen LogP contribution in [0.1, 0.15) is 46.2 Å². The topological polar surface area (TPSA) is 42.1 Å². The van der Waals surface area contributed by atoms with Crippen LogP contribution in [0.4, 0.5) is 5.82 Å². The van der Waals surface area contributed by atoms with Gasteiger partial charge in [-0.05, 0) is 36.8 Å². The van der Waals surface area contributed by atoms with Crippen molar-refractivity contribution in [2.45, 2.75) is 47.1 Å². The summed E-state index contributed by atoms with van der Waals surface area (Å²) in [7, 11) is 0. The Hall–Kier alpha value is -1.09. The molecule has 0 unspecified atom stereocenters. The molecule has 0 aliphatic rings. The molecule has 19 heavy (non-hydrogen) atoms. The molecule has 1 aromatic heterocycles. The van der Waals surface area contributed by atoms with Crippen molar-refractivity contribution in [3.63, 3.8) is 0 Å². The average Bonchev–Trinajstić information content (AvgIpc) is 2.38. The van der Waals surface area contributed by atoms with Crippen LogP contribution in [-0.4, -0.2) is 18.1 Å². The second-order valence-corrected chi connectivity index (χ2v) is 6.04. The van der Waals surface area contributed by atoms with Gasteiger partial charge in [-0.25, -0.2) is 4.98 Å². The maximum Gasteiger partial charge on any atom is 0.128 e. The van der Waals surface area contributed by atoms with Gasteiger partial charge in [-0.2, -0.15) is 0 Å². The highest BCUT2D eigenvalue weighted by Gasteiger charge is 2.10. The van der Waals surface area contributed by atoms with Gasteiger partial charge in [0.2, 0.25) is 0 Å². The van der Waals surface area contributed by atoms with Crippen molar-refractivity contribution in [1.82, 2.24) is 4.98 Å². The van der Waals surface area contributed by atoms with Crippen molar-refractivity contribution in [2.75, 3.05) is 18.0 Å². The van der Waals surface area contributed by atoms with E-state index in [1.165, 1.54) is 12.8 Å². The van der Waals surface area contributed by atoms with Crippen LogP contribution in [0.15, 0.2) is 18.2 Å². The molecule has 0 aromatic carbocycles. The molecule has 1 heterocycles. The van der Waals surface area contributed by atoms with Crippen molar-refractivity contribution in [1.29, 1.82) is 0 Å². The van der Waals surface area contributed by atoms with Crippen LogP contribution in [0.2, 0.25) is 0 Å². The largest absolute Gasteiger partial charge is 0.357 e. The Morgan fingerprint density at radius 3 is 2.11 bits per heavy atom. The van der Waals surface area contributed by atoms with Gasteiger partial charge < -0.3 is 10.6 Å². The molecule has 0 spiro atoms. The molecule has 0 aliphatic heterocycles. The highest BCUT2D eigenvalue weighted by molar-refractivity contribution is 5.39. The van der Waals surface area contributed by atoms with Crippen molar-refractivity contribution >= 4 is 5.82 Å². The third-order valence-corrected chi connectivity index (χ3v) is 3.28. The zero-order chi connectivity index (χ0) is 14.3. The zero-order valence-electron chi connectivity index (χ0n) is 12.9. The Labute approximate surface area is 118 Å². The molecule has 0 aliphatic carbocycles. The Morgan fingerprint density at radius 1 is 1.05 bits per heavy atom. The highest BCUT2D eigenvalue weighted by atomic mass is 15.2. The van der Waals surface area contributed by atoms with E-state index in [1.54, 1.807) is 0 Å². The van der Waals surface area contributed by atoms with Gasteiger partial charge in [0.05, 0.1) is 5.69 Å². The van der Waals surface area contributed by atoms with E-state index in [0.717, 1.165) is 36.4 Å². The van der Waals surface area contributed by atoms with E-state index in [4.69, 9.17) is 5.73 Å². The van der Waals surface area contributed by atoms with E-state index in [2.05, 4.69) is 49.7 Å². The number of pyridine rings is 1. The first-order valence-corrected chi connectivity index (χ1v) is 7.43. The molecule has 0 bridgehead atoms. The van der Waals surface area contributed by atoms with Crippen molar-refractivity contribution in [3.8, 4) is 0 Å². The van der Waals surface area contributed by atoms with Gasteiger partial charge in [0, 0.05) is 19.6 Å². The van der Waals surface area contributed by atoms with E-state index < -0.39 is 0 Å². The zero-order valence-corrected chi connectivity index (χ0v) is 12.9. The molecule has 1 aromatic rings. The lowest BCUT2D eigenvalue weighted by Gasteiger charge is -2.26. The Kier molecular flexibility index (Phi) is 6.85. The van der Waals surface area contributed by atoms with Crippen LogP contribution in [0.5, 0.6) is 0 Å². The highest BCUT2D eigenvalue weighted by Crippen LogP contribution is 2.15. The minimum Gasteiger partial charge on any atom is -0.357 e. The molecule has 1 rings (SSSR count). The molecule has 2 N–H and O–H groups in total. The number of aromatic nitrogens is 1. The van der Waals surface area contributed by atoms with E-state index in [9.17, 15) is 0 Å². The number of hydrogen-bond acceptors (Lipinski definition) is 3. The first-order chi connectivity index (χ1) is 9.02. The Balaban J connectivity index is 2.74. The van der Waals surface area contributed by atoms with Crippen molar-refractivity contribution < 1.29 is 0 Å². The summed E-state index contributed by atoms with van der Waals surface area (Å²) in [6.07, 6.45) is 2.40. The molecule has 0 amide bonds. The smallest absolute Gasteiger partial charge is 0.128 e. The Morgan fingerprint density at radius 2 is 1.63 bits per heavy atom. The molecular weight excluding hydrogens is 234 g/mol. The van der Waals surface area contributed by atoms with Crippen LogP contribution in [-0.2, 0) is 6.54 Å². The third kappa shape index (κ3) is 6.06. The van der Waals surface area contributed by atoms with Gasteiger partial charge in [0.1, 0.15) is 5.82 Å². The van der Waals surface area contributed by atoms with Gasteiger partial charge in [0.25, 0.3) is 0 Å². The Bertz CT molecular complexity index is 349. The molecule has 0 fully saturated rings. The number of nitrogens with zero attached hydrogens (tertiary/aromatic N) is 2. The standard InChI is InChI=1S/C16H29N3/c1-13(2)8-10-19(11-9-14(3)4)16-7-5-6-15(12-17)18-16/h5-7,13-14H,8-12,17H2,1-4H3. The fourth-order valence-corrected chi connectivity index (χ4v) is 1.93. The molecule has 3 nitrogen and oxygen atoms in total. The fourth-order valence-electron chi connectivity index (χ4n) is 1.93. The third-order valence-electron chi connectivity index (χ3n) is 3.28. The molecule has 0 saturated carbocycles. The van der Waals surface area contributed by atoms with Crippen LogP contribution in [0, 0.1) is 11.8 Å². The number of anilines is 1. The summed E-state index contributed by atoms with van der Waals surface area (Å²) in [4.78, 5) is 7.05. The van der Waals surface area contributed by atoms with Gasteiger partial charge in [-0.15, -0.1) is 0 Å². The molecule has 108 valence electrons. The second-order valence-electron chi connectivity index (χ2n) is 6.04. The van der Waals surface area contributed by atoms with Crippen LogP contribution in [0.25, 0.3) is 0 Å². The van der Waals surface area contributed by atoms with E-state index in [-0.39, 0.29) is 0 Å². The monoisotopic (exact) mass is 263 g/mol. The van der Waals surface area contributed by atoms with E-state index in [0.29, 0.717) is 6.54 Å². The summed E-state index contributed by atoms with van der Waals surface area (Å²) < 4.78 is 0. The minimum atomic E-state index is 0.510. The van der Waals surface area contributed by atoms with E-state index in [1.807, 2.05) is 6.07 Å². The van der Waals surface area contributed by atoms with Gasteiger partial charge >= 0.3 is 0 Å². The summed E-state index contributed by atoms with van der Waals surface area (Å²) in [5.41, 5.74) is 6.65. The maximum absolute atomic E-state index is 5.68. The van der Waals surface area contributed by atoms with Crippen LogP contribution in [0.3, 0.4) is 0 Å². The second kappa shape index (κ2) is 8.16. The van der Waals surface area contributed by atoms with Gasteiger partial charge in [-0.1, -0.05) is 33.8 Å². The van der Waals surface area contributed by atoms with Crippen LogP contribution >= 0.6 is 0 Å². The lowest BCUT2D eigenvalue weighted by molar-refractivity contribution is 0.532. The number of hydrogen-bond donors (Lipinski definition) is 1. The van der Waals surface area contributed by atoms with Crippen molar-refractivity contribution in [3.05, 3.63) is 23.9 Å². The first kappa shape index (κ1) is 16.0. The van der Waals surface area contributed by atoms with Crippen LogP contribution < -0.4 is 10.6 Å². The quantitative estimate of drug-likeness (QED) is 0.781. The summed E-state index contributed by atoms with van der Waals surface area (Å²) >= 11 is 0. The maximum atomic E-state index is 5.68. The first-order valence-electron chi connectivity index (χ1n) is 7.43. The lowest BCUT2D eigenvalue weighted by atomic mass is 10.1. The average molecular weight is 263 g/mol. The molecule has 0 atom stereocenters. The summed E-state index contributed by atoms with van der Waals surface area (Å²) in [5, 5.41) is 0. The summed E-state index contributed by atoms with van der Waals surface area (Å²) in [6, 6.07) is 6.15. The number of nitrogens with two attached hydrogens (primary N) is 1. The molecular formula is C16H29N3. The van der Waals surface area contributed by atoms with Crippen molar-refractivity contribution in [2.24, 2.45) is 17.6 Å². The normalized spacial score (nSPS) is 11.3. The molecule has 0 radical (unpaired) electrons. The predicted molar refractivity (Wildman–Crippen MR) is 83.3 cm³/mol. The predicted octanol–water partition coefficient (Wildman–Crippen LogP) is 3.44. The minimum absolute atomic E-state index is 0.510. The SMILES string of the molecule is CC(C)CCN(CCC(C)C)c1cccc(CN)n1. The fraction of sp³-hybridized carbons (Fsp3) is 0.688. The summed E-state index contributed by atoms with van der Waals surface area (Å²) in [6.45, 7) is 11.7. The van der Waals surface area contributed by atoms with E-state index >= 15 is 0 Å². The summed E-state index contributed by atoms with van der Waals surface area (Å²) in [5.74, 6) is 2.52. The van der Waals surface area contributed by atoms with Gasteiger partial charge in [0.15, 0.2) is 0 Å². The molecule has 0 saturated heterocycles. The number of rotatable bonds is 8. The van der Waals surface area contributed by atoms with Gasteiger partial charge in [-0.3, -0.25) is 0 Å². The lowest BCUT2D eigenvalue weighted by Crippen LogP contribution is -2.28. The molecule has 3 heteroatoms.